The molecule has 1 fully saturated rings. The third-order valence-corrected chi connectivity index (χ3v) is 11.0. The van der Waals surface area contributed by atoms with Crippen LogP contribution in [0.1, 0.15) is 68.5 Å². The van der Waals surface area contributed by atoms with Gasteiger partial charge in [-0.2, -0.15) is 0 Å². The molecule has 1 N–H and O–H groups in total. The summed E-state index contributed by atoms with van der Waals surface area (Å²) in [6.45, 7) is 14.6. The van der Waals surface area contributed by atoms with E-state index in [1.54, 1.807) is 21.6 Å². The molecule has 2 heterocycles. The van der Waals surface area contributed by atoms with Crippen LogP contribution in [0.25, 0.3) is 0 Å². The molecular formula is C26H39FN3O5PS2. The molecule has 0 aliphatic carbocycles. The third-order valence-electron chi connectivity index (χ3n) is 5.50. The molecule has 0 saturated carbocycles. The Morgan fingerprint density at radius 1 is 1.18 bits per heavy atom. The molecular weight excluding hydrogens is 548 g/mol. The number of alkyl halides is 1. The second kappa shape index (κ2) is 13.4. The monoisotopic (exact) mass is 588 g/mol. The van der Waals surface area contributed by atoms with Gasteiger partial charge in [-0.1, -0.05) is 54.5 Å². The zero-order valence-corrected chi connectivity index (χ0v) is 25.4. The van der Waals surface area contributed by atoms with Crippen LogP contribution in [0, 0.1) is 0 Å². The lowest BCUT2D eigenvalue weighted by Gasteiger charge is -2.37. The fourth-order valence-electron chi connectivity index (χ4n) is 3.84. The van der Waals surface area contributed by atoms with Crippen molar-refractivity contribution < 1.29 is 19.5 Å². The van der Waals surface area contributed by atoms with Crippen LogP contribution in [-0.2, 0) is 20.4 Å². The molecule has 0 radical (unpaired) electrons. The van der Waals surface area contributed by atoms with Crippen molar-refractivity contribution in [3.05, 3.63) is 62.9 Å². The maximum absolute atomic E-state index is 15.8. The first kappa shape index (κ1) is 29.8. The fourth-order valence-corrected chi connectivity index (χ4v) is 7.59. The van der Waals surface area contributed by atoms with Gasteiger partial charge >= 0.3 is 5.69 Å². The number of hydrogen-bond donors (Lipinski definition) is 1. The van der Waals surface area contributed by atoms with E-state index < -0.39 is 44.4 Å². The van der Waals surface area contributed by atoms with Gasteiger partial charge < -0.3 is 13.8 Å². The molecule has 1 aromatic carbocycles. The number of nitrogens with one attached hydrogen (secondary N) is 1. The molecule has 12 heteroatoms. The largest absolute Gasteiger partial charge is 0.349 e. The number of aromatic amines is 1. The molecule has 0 spiro atoms. The molecule has 1 aliphatic heterocycles. The van der Waals surface area contributed by atoms with Gasteiger partial charge in [-0.3, -0.25) is 14.3 Å². The minimum Gasteiger partial charge on any atom is -0.349 e. The summed E-state index contributed by atoms with van der Waals surface area (Å²) >= 11 is 0. The Bertz CT molecular complexity index is 1170. The zero-order chi connectivity index (χ0) is 28.9. The van der Waals surface area contributed by atoms with Crippen molar-refractivity contribution in [2.45, 2.75) is 108 Å². The molecule has 3 rings (SSSR count). The van der Waals surface area contributed by atoms with Crippen molar-refractivity contribution in [1.29, 1.82) is 0 Å². The number of H-pyrrole nitrogens is 1. The quantitative estimate of drug-likeness (QED) is 0.243. The van der Waals surface area contributed by atoms with Gasteiger partial charge in [-0.15, -0.1) is 0 Å². The van der Waals surface area contributed by atoms with Gasteiger partial charge in [-0.05, 0) is 52.3 Å². The molecule has 5 atom stereocenters. The van der Waals surface area contributed by atoms with E-state index in [2.05, 4.69) is 37.9 Å². The van der Waals surface area contributed by atoms with Gasteiger partial charge in [0.25, 0.3) is 14.1 Å². The lowest BCUT2D eigenvalue weighted by Crippen LogP contribution is -2.38. The van der Waals surface area contributed by atoms with E-state index in [1.165, 1.54) is 6.20 Å². The second-order valence-corrected chi connectivity index (χ2v) is 15.0. The third kappa shape index (κ3) is 8.40. The van der Waals surface area contributed by atoms with E-state index in [0.29, 0.717) is 0 Å². The molecule has 2 aromatic rings. The maximum atomic E-state index is 15.8. The number of rotatable bonds is 11. The average molecular weight is 589 g/mol. The van der Waals surface area contributed by atoms with Crippen LogP contribution >= 0.6 is 30.1 Å². The van der Waals surface area contributed by atoms with Crippen molar-refractivity contribution in [1.82, 2.24) is 14.2 Å². The molecule has 5 unspecified atom stereocenters. The first-order valence-electron chi connectivity index (χ1n) is 13.2. The normalized spacial score (nSPS) is 23.4. The Balaban J connectivity index is 1.78. The van der Waals surface area contributed by atoms with E-state index in [0.717, 1.165) is 21.1 Å². The van der Waals surface area contributed by atoms with Gasteiger partial charge in [0, 0.05) is 35.4 Å². The fraction of sp³-hybridized carbons (Fsp3) is 0.615. The van der Waals surface area contributed by atoms with Crippen LogP contribution in [0.5, 0.6) is 0 Å². The summed E-state index contributed by atoms with van der Waals surface area (Å²) in [6, 6.07) is 9.33. The van der Waals surface area contributed by atoms with E-state index in [9.17, 15) is 9.59 Å². The number of aromatic nitrogens is 2. The Morgan fingerprint density at radius 3 is 2.39 bits per heavy atom. The smallest absolute Gasteiger partial charge is 0.330 e. The average Bonchev–Trinajstić information content (AvgIpc) is 3.15. The van der Waals surface area contributed by atoms with Crippen molar-refractivity contribution >= 4 is 30.1 Å². The number of hydrogen-bond acceptors (Lipinski definition) is 8. The highest BCUT2D eigenvalue weighted by Gasteiger charge is 2.47. The summed E-state index contributed by atoms with van der Waals surface area (Å²) in [4.78, 5) is 27.0. The van der Waals surface area contributed by atoms with Crippen LogP contribution in [0.15, 0.2) is 51.0 Å². The first-order chi connectivity index (χ1) is 18.3. The standard InChI is InChI=1S/C26H39FN3O5PS2/c1-16(2)30(17(3)4)36(33-15-19-9-11-20(12-10-19)37-38-26(6,7)8)35-23-18(5)34-24(22(23)27)29-14-13-21(31)28-25(29)32/h9-14,16-18,22-24H,15H2,1-8H3,(H,28,31,32)/i5D. The molecule has 38 heavy (non-hydrogen) atoms. The molecule has 212 valence electrons. The topological polar surface area (TPSA) is 85.8 Å². The van der Waals surface area contributed by atoms with Crippen molar-refractivity contribution in [2.24, 2.45) is 0 Å². The highest BCUT2D eigenvalue weighted by molar-refractivity contribution is 8.77. The lowest BCUT2D eigenvalue weighted by atomic mass is 10.2. The molecule has 1 aliphatic rings. The summed E-state index contributed by atoms with van der Waals surface area (Å²) < 4.78 is 45.3. The number of ether oxygens (including phenoxy) is 1. The predicted molar refractivity (Wildman–Crippen MR) is 154 cm³/mol. The van der Waals surface area contributed by atoms with Crippen molar-refractivity contribution in [3.63, 3.8) is 0 Å². The molecule has 0 bridgehead atoms. The van der Waals surface area contributed by atoms with Crippen LogP contribution in [-0.4, -0.2) is 49.4 Å². The van der Waals surface area contributed by atoms with Crippen LogP contribution in [0.2, 0.25) is 0 Å². The van der Waals surface area contributed by atoms with E-state index >= 15 is 4.39 Å². The second-order valence-electron chi connectivity index (χ2n) is 10.6. The van der Waals surface area contributed by atoms with Gasteiger partial charge in [0.2, 0.25) is 0 Å². The van der Waals surface area contributed by atoms with Crippen molar-refractivity contribution in [2.75, 3.05) is 0 Å². The molecule has 8 nitrogen and oxygen atoms in total. The van der Waals surface area contributed by atoms with E-state index in [1.807, 2.05) is 44.5 Å². The van der Waals surface area contributed by atoms with Gasteiger partial charge in [0.15, 0.2) is 12.4 Å². The van der Waals surface area contributed by atoms with Gasteiger partial charge in [0.1, 0.15) is 6.10 Å². The highest BCUT2D eigenvalue weighted by Crippen LogP contribution is 2.51. The predicted octanol–water partition coefficient (Wildman–Crippen LogP) is 6.28. The zero-order valence-electron chi connectivity index (χ0n) is 23.9. The van der Waals surface area contributed by atoms with Crippen LogP contribution in [0.3, 0.4) is 0 Å². The first-order valence-corrected chi connectivity index (χ1v) is 15.8. The number of halogens is 1. The summed E-state index contributed by atoms with van der Waals surface area (Å²) in [5.74, 6) is 0. The molecule has 1 aromatic heterocycles. The SMILES string of the molecule is [2H]CC1OC(n2ccc(=O)[nH]c2=O)C(F)C1OP(OCc1ccc(SSC(C)(C)C)cc1)N(C(C)C)C(C)C. The summed E-state index contributed by atoms with van der Waals surface area (Å²) in [5, 5.41) is 0. The van der Waals surface area contributed by atoms with Gasteiger partial charge in [-0.25, -0.2) is 13.9 Å². The van der Waals surface area contributed by atoms with E-state index in [-0.39, 0.29) is 30.3 Å². The summed E-state index contributed by atoms with van der Waals surface area (Å²) in [7, 11) is 1.78. The maximum Gasteiger partial charge on any atom is 0.330 e. The summed E-state index contributed by atoms with van der Waals surface area (Å²) in [5.41, 5.74) is -0.417. The summed E-state index contributed by atoms with van der Waals surface area (Å²) in [6.07, 6.45) is -3.94. The Hall–Kier alpha value is -1.20. The minimum absolute atomic E-state index is 0.0387. The van der Waals surface area contributed by atoms with Crippen LogP contribution < -0.4 is 11.2 Å². The Labute approximate surface area is 234 Å². The van der Waals surface area contributed by atoms with Crippen LogP contribution in [0.4, 0.5) is 4.39 Å². The molecule has 0 amide bonds. The number of benzene rings is 1. The Kier molecular flexibility index (Phi) is 10.5. The van der Waals surface area contributed by atoms with Gasteiger partial charge in [0.05, 0.1) is 12.7 Å². The van der Waals surface area contributed by atoms with Crippen molar-refractivity contribution in [3.8, 4) is 0 Å². The lowest BCUT2D eigenvalue weighted by molar-refractivity contribution is -0.0181. The molecule has 1 saturated heterocycles. The number of nitrogens with zero attached hydrogens (tertiary/aromatic N) is 2. The Morgan fingerprint density at radius 2 is 1.84 bits per heavy atom. The van der Waals surface area contributed by atoms with E-state index in [4.69, 9.17) is 15.2 Å². The highest BCUT2D eigenvalue weighted by atomic mass is 33.1. The minimum atomic E-state index is -1.75.